The van der Waals surface area contributed by atoms with Gasteiger partial charge in [-0.1, -0.05) is 29.8 Å². The minimum Gasteiger partial charge on any atom is -0.300 e. The Kier molecular flexibility index (Phi) is 3.31. The van der Waals surface area contributed by atoms with Crippen LogP contribution in [0.2, 0.25) is 0 Å². The molecule has 1 N–H and O–H groups in total. The summed E-state index contributed by atoms with van der Waals surface area (Å²) >= 11 is 0. The molecule has 0 fully saturated rings. The van der Waals surface area contributed by atoms with E-state index in [1.807, 2.05) is 6.07 Å². The molecule has 12 heavy (non-hydrogen) atoms. The molecule has 1 aromatic carbocycles. The number of rotatable bonds is 3. The van der Waals surface area contributed by atoms with Crippen molar-refractivity contribution in [2.75, 3.05) is 6.54 Å². The summed E-state index contributed by atoms with van der Waals surface area (Å²) in [5.74, 6) is 0. The first kappa shape index (κ1) is 8.76. The van der Waals surface area contributed by atoms with Crippen LogP contribution in [0.15, 0.2) is 24.3 Å². The quantitative estimate of drug-likeness (QED) is 0.538. The molecule has 0 saturated carbocycles. The molecule has 0 amide bonds. The number of nitrogens with one attached hydrogen (secondary N) is 1. The summed E-state index contributed by atoms with van der Waals surface area (Å²) in [6.45, 7) is 3.24. The second-order valence-corrected chi connectivity index (χ2v) is 2.75. The third-order valence-electron chi connectivity index (χ3n) is 1.65. The summed E-state index contributed by atoms with van der Waals surface area (Å²) in [5, 5.41) is 11.3. The summed E-state index contributed by atoms with van der Waals surface area (Å²) in [4.78, 5) is 0. The Labute approximate surface area is 72.8 Å². The van der Waals surface area contributed by atoms with Gasteiger partial charge in [-0.3, -0.25) is 0 Å². The molecule has 0 aliphatic heterocycles. The van der Waals surface area contributed by atoms with Gasteiger partial charge in [0.05, 0.1) is 12.6 Å². The van der Waals surface area contributed by atoms with Crippen LogP contribution in [0.5, 0.6) is 0 Å². The normalized spacial score (nSPS) is 9.33. The van der Waals surface area contributed by atoms with Gasteiger partial charge in [0, 0.05) is 6.54 Å². The lowest BCUT2D eigenvalue weighted by Crippen LogP contribution is -2.12. The Bertz CT molecular complexity index is 269. The highest BCUT2D eigenvalue weighted by molar-refractivity contribution is 5.21. The molecule has 0 radical (unpaired) electrons. The van der Waals surface area contributed by atoms with Gasteiger partial charge in [-0.05, 0) is 12.5 Å². The lowest BCUT2D eigenvalue weighted by Gasteiger charge is -2.00. The largest absolute Gasteiger partial charge is 0.300 e. The summed E-state index contributed by atoms with van der Waals surface area (Å²) in [6, 6.07) is 10.3. The second kappa shape index (κ2) is 4.53. The number of hydrogen-bond acceptors (Lipinski definition) is 2. The summed E-state index contributed by atoms with van der Waals surface area (Å²) in [7, 11) is 0. The first-order valence-electron chi connectivity index (χ1n) is 3.96. The maximum absolute atomic E-state index is 8.28. The van der Waals surface area contributed by atoms with E-state index in [1.165, 1.54) is 11.1 Å². The van der Waals surface area contributed by atoms with Crippen molar-refractivity contribution in [3.63, 3.8) is 0 Å². The van der Waals surface area contributed by atoms with Gasteiger partial charge in [0.1, 0.15) is 0 Å². The Morgan fingerprint density at radius 2 is 2.00 bits per heavy atom. The van der Waals surface area contributed by atoms with Gasteiger partial charge in [0.15, 0.2) is 0 Å². The highest BCUT2D eigenvalue weighted by Crippen LogP contribution is 2.01. The van der Waals surface area contributed by atoms with E-state index in [1.54, 1.807) is 0 Å². The molecule has 1 aromatic rings. The Hall–Kier alpha value is -1.33. The fourth-order valence-corrected chi connectivity index (χ4v) is 0.969. The minimum atomic E-state index is 0.411. The second-order valence-electron chi connectivity index (χ2n) is 2.75. The SMILES string of the molecule is Cc1ccc(CNCC#N)cc1. The molecule has 0 saturated heterocycles. The van der Waals surface area contributed by atoms with Crippen LogP contribution >= 0.6 is 0 Å². The molecule has 2 nitrogen and oxygen atoms in total. The van der Waals surface area contributed by atoms with E-state index in [9.17, 15) is 0 Å². The third-order valence-corrected chi connectivity index (χ3v) is 1.65. The first-order chi connectivity index (χ1) is 5.83. The van der Waals surface area contributed by atoms with Gasteiger partial charge in [0.2, 0.25) is 0 Å². The molecule has 1 rings (SSSR count). The van der Waals surface area contributed by atoms with Gasteiger partial charge in [-0.25, -0.2) is 0 Å². The number of nitriles is 1. The maximum Gasteiger partial charge on any atom is 0.0843 e. The molecule has 0 aliphatic rings. The fraction of sp³-hybridized carbons (Fsp3) is 0.300. The molecule has 0 atom stereocenters. The minimum absolute atomic E-state index is 0.411. The van der Waals surface area contributed by atoms with Crippen LogP contribution in [0.25, 0.3) is 0 Å². The zero-order valence-electron chi connectivity index (χ0n) is 7.17. The van der Waals surface area contributed by atoms with Crippen molar-refractivity contribution in [3.8, 4) is 6.07 Å². The molecule has 0 aromatic heterocycles. The lowest BCUT2D eigenvalue weighted by molar-refractivity contribution is 0.765. The topological polar surface area (TPSA) is 35.8 Å². The van der Waals surface area contributed by atoms with E-state index in [0.29, 0.717) is 6.54 Å². The summed E-state index contributed by atoms with van der Waals surface area (Å²) in [5.41, 5.74) is 2.48. The fourth-order valence-electron chi connectivity index (χ4n) is 0.969. The predicted molar refractivity (Wildman–Crippen MR) is 48.5 cm³/mol. The smallest absolute Gasteiger partial charge is 0.0843 e. The molecular weight excluding hydrogens is 148 g/mol. The zero-order valence-corrected chi connectivity index (χ0v) is 7.17. The number of benzene rings is 1. The first-order valence-corrected chi connectivity index (χ1v) is 3.96. The molecule has 0 bridgehead atoms. The van der Waals surface area contributed by atoms with Crippen LogP contribution in [-0.4, -0.2) is 6.54 Å². The van der Waals surface area contributed by atoms with E-state index >= 15 is 0 Å². The molecule has 0 unspecified atom stereocenters. The average molecular weight is 160 g/mol. The number of hydrogen-bond donors (Lipinski definition) is 1. The van der Waals surface area contributed by atoms with Crippen molar-refractivity contribution in [3.05, 3.63) is 35.4 Å². The van der Waals surface area contributed by atoms with Crippen molar-refractivity contribution >= 4 is 0 Å². The molecule has 62 valence electrons. The van der Waals surface area contributed by atoms with Crippen molar-refractivity contribution < 1.29 is 0 Å². The van der Waals surface area contributed by atoms with Crippen molar-refractivity contribution in [1.29, 1.82) is 5.26 Å². The third kappa shape index (κ3) is 2.73. The zero-order chi connectivity index (χ0) is 8.81. The molecule has 2 heteroatoms. The van der Waals surface area contributed by atoms with E-state index in [0.717, 1.165) is 6.54 Å². The predicted octanol–water partition coefficient (Wildman–Crippen LogP) is 1.61. The van der Waals surface area contributed by atoms with Crippen molar-refractivity contribution in [2.45, 2.75) is 13.5 Å². The van der Waals surface area contributed by atoms with E-state index in [4.69, 9.17) is 5.26 Å². The maximum atomic E-state index is 8.28. The number of nitrogens with zero attached hydrogens (tertiary/aromatic N) is 1. The van der Waals surface area contributed by atoms with Crippen molar-refractivity contribution in [2.24, 2.45) is 0 Å². The van der Waals surface area contributed by atoms with Gasteiger partial charge in [0.25, 0.3) is 0 Å². The van der Waals surface area contributed by atoms with Gasteiger partial charge < -0.3 is 5.32 Å². The van der Waals surface area contributed by atoms with Crippen LogP contribution in [0.4, 0.5) is 0 Å². The average Bonchev–Trinajstić information content (AvgIpc) is 2.09. The van der Waals surface area contributed by atoms with Crippen LogP contribution in [-0.2, 0) is 6.54 Å². The summed E-state index contributed by atoms with van der Waals surface area (Å²) in [6.07, 6.45) is 0. The Morgan fingerprint density at radius 3 is 2.58 bits per heavy atom. The van der Waals surface area contributed by atoms with E-state index in [2.05, 4.69) is 36.5 Å². The highest BCUT2D eigenvalue weighted by atomic mass is 14.8. The van der Waals surface area contributed by atoms with Crippen LogP contribution in [0, 0.1) is 18.3 Å². The Balaban J connectivity index is 2.43. The molecular formula is C10H12N2. The van der Waals surface area contributed by atoms with E-state index < -0.39 is 0 Å². The standard InChI is InChI=1S/C10H12N2/c1-9-2-4-10(5-3-9)8-12-7-6-11/h2-5,12H,7-8H2,1H3. The van der Waals surface area contributed by atoms with Gasteiger partial charge in [-0.2, -0.15) is 5.26 Å². The monoisotopic (exact) mass is 160 g/mol. The van der Waals surface area contributed by atoms with Crippen molar-refractivity contribution in [1.82, 2.24) is 5.32 Å². The summed E-state index contributed by atoms with van der Waals surface area (Å²) < 4.78 is 0. The van der Waals surface area contributed by atoms with Gasteiger partial charge >= 0.3 is 0 Å². The van der Waals surface area contributed by atoms with Crippen LogP contribution in [0.3, 0.4) is 0 Å². The van der Waals surface area contributed by atoms with Crippen LogP contribution < -0.4 is 5.32 Å². The van der Waals surface area contributed by atoms with E-state index in [-0.39, 0.29) is 0 Å². The highest BCUT2D eigenvalue weighted by Gasteiger charge is 1.90. The molecule has 0 spiro atoms. The Morgan fingerprint density at radius 1 is 1.33 bits per heavy atom. The number of aryl methyl sites for hydroxylation is 1. The molecule has 0 heterocycles. The van der Waals surface area contributed by atoms with Gasteiger partial charge in [-0.15, -0.1) is 0 Å². The lowest BCUT2D eigenvalue weighted by atomic mass is 10.1. The van der Waals surface area contributed by atoms with Crippen LogP contribution in [0.1, 0.15) is 11.1 Å². The molecule has 0 aliphatic carbocycles.